The number of carbonyl (C=O) groups excluding carboxylic acids is 2. The summed E-state index contributed by atoms with van der Waals surface area (Å²) in [6.07, 6.45) is 105. The molecule has 0 radical (unpaired) electrons. The zero-order chi connectivity index (χ0) is 70.4. The largest absolute Gasteiger partial charge is 0.477 e. The van der Waals surface area contributed by atoms with Crippen molar-refractivity contribution in [2.75, 3.05) is 47.5 Å². The molecule has 0 aromatic heterocycles. The van der Waals surface area contributed by atoms with Crippen LogP contribution in [0.4, 0.5) is 0 Å². The van der Waals surface area contributed by atoms with Crippen LogP contribution in [0.5, 0.6) is 0 Å². The second kappa shape index (κ2) is 78.2. The van der Waals surface area contributed by atoms with Gasteiger partial charge in [-0.1, -0.05) is 381 Å². The predicted octanol–water partition coefficient (Wildman–Crippen LogP) is 26.9. The first kappa shape index (κ1) is 93.5. The summed E-state index contributed by atoms with van der Waals surface area (Å²) in [5.41, 5.74) is 0. The van der Waals surface area contributed by atoms with Crippen LogP contribution in [0.15, 0.2) is 85.1 Å². The van der Waals surface area contributed by atoms with Crippen LogP contribution < -0.4 is 0 Å². The number of rotatable bonds is 78. The lowest BCUT2D eigenvalue weighted by Crippen LogP contribution is -2.40. The molecule has 0 rings (SSSR count). The first-order chi connectivity index (χ1) is 47.6. The highest BCUT2D eigenvalue weighted by molar-refractivity contribution is 5.71. The summed E-state index contributed by atoms with van der Waals surface area (Å²) in [7, 11) is 6.00. The number of aliphatic carboxylic acids is 1. The number of hydrogen-bond acceptors (Lipinski definition) is 7. The monoisotopic (exact) mass is 1360 g/mol. The van der Waals surface area contributed by atoms with E-state index >= 15 is 0 Å². The van der Waals surface area contributed by atoms with Crippen LogP contribution in [0.3, 0.4) is 0 Å². The molecule has 0 saturated heterocycles. The zero-order valence-electron chi connectivity index (χ0n) is 64.7. The van der Waals surface area contributed by atoms with Gasteiger partial charge in [0.2, 0.25) is 0 Å². The van der Waals surface area contributed by atoms with Crippen LogP contribution in [0.1, 0.15) is 399 Å². The lowest BCUT2D eigenvalue weighted by molar-refractivity contribution is -0.870. The van der Waals surface area contributed by atoms with Crippen molar-refractivity contribution in [2.45, 2.75) is 411 Å². The van der Waals surface area contributed by atoms with Crippen LogP contribution in [0.25, 0.3) is 0 Å². The molecule has 0 spiro atoms. The van der Waals surface area contributed by atoms with Gasteiger partial charge in [-0.05, 0) is 89.9 Å². The molecule has 0 aliphatic carbocycles. The highest BCUT2D eigenvalue weighted by atomic mass is 16.7. The van der Waals surface area contributed by atoms with E-state index < -0.39 is 18.4 Å². The van der Waals surface area contributed by atoms with Gasteiger partial charge in [0.25, 0.3) is 6.29 Å². The number of likely N-dealkylation sites (N-methyl/N-ethyl adjacent to an activating group) is 1. The van der Waals surface area contributed by atoms with Gasteiger partial charge in [-0.2, -0.15) is 0 Å². The Kier molecular flexibility index (Phi) is 75.3. The summed E-state index contributed by atoms with van der Waals surface area (Å²) in [5, 5.41) is 9.78. The van der Waals surface area contributed by atoms with Gasteiger partial charge in [0.1, 0.15) is 13.2 Å². The molecule has 2 atom stereocenters. The van der Waals surface area contributed by atoms with Crippen molar-refractivity contribution in [3.05, 3.63) is 85.1 Å². The third-order valence-electron chi connectivity index (χ3n) is 18.6. The second-order valence-corrected chi connectivity index (χ2v) is 29.4. The number of carbonyl (C=O) groups is 3. The number of allylic oxidation sites excluding steroid dienone is 14. The first-order valence-electron chi connectivity index (χ1n) is 41.8. The number of carboxylic acids is 1. The van der Waals surface area contributed by atoms with Crippen molar-refractivity contribution in [3.63, 3.8) is 0 Å². The van der Waals surface area contributed by atoms with Crippen LogP contribution in [0.2, 0.25) is 0 Å². The smallest absolute Gasteiger partial charge is 0.361 e. The highest BCUT2D eigenvalue weighted by Gasteiger charge is 2.25. The van der Waals surface area contributed by atoms with E-state index in [1.54, 1.807) is 0 Å². The number of quaternary nitrogens is 1. The lowest BCUT2D eigenvalue weighted by atomic mass is 10.0. The first-order valence-corrected chi connectivity index (χ1v) is 41.8. The Morgan fingerprint density at radius 2 is 0.588 bits per heavy atom. The number of esters is 2. The summed E-state index contributed by atoms with van der Waals surface area (Å²) < 4.78 is 23.1. The minimum Gasteiger partial charge on any atom is -0.477 e. The minimum absolute atomic E-state index is 0.178. The molecule has 0 aliphatic rings. The molecule has 564 valence electrons. The topological polar surface area (TPSA) is 108 Å². The number of unbranched alkanes of at least 4 members (excludes halogenated alkanes) is 49. The van der Waals surface area contributed by atoms with E-state index in [1.807, 2.05) is 21.1 Å². The molecule has 0 saturated carbocycles. The van der Waals surface area contributed by atoms with Gasteiger partial charge in [0, 0.05) is 12.8 Å². The van der Waals surface area contributed by atoms with Crippen molar-refractivity contribution >= 4 is 17.9 Å². The Morgan fingerprint density at radius 1 is 0.320 bits per heavy atom. The third kappa shape index (κ3) is 79.7. The van der Waals surface area contributed by atoms with E-state index in [4.69, 9.17) is 18.9 Å². The Bertz CT molecular complexity index is 1870. The molecule has 0 aromatic rings. The molecule has 2 unspecified atom stereocenters. The van der Waals surface area contributed by atoms with Crippen molar-refractivity contribution in [3.8, 4) is 0 Å². The summed E-state index contributed by atoms with van der Waals surface area (Å²) >= 11 is 0. The minimum atomic E-state index is -1.51. The number of carboxylic acid groups (broad SMARTS) is 1. The SMILES string of the molecule is CC/C=C\C/C=C\C/C=C\C/C=C\CCCCCCCCCCCCCCCCCCCCCCC(=O)OC(COC(=O)CCCCCCCCCCCCCCCCCCCCCCCCCC/C=C\C/C=C\C/C=C\CCCCCCC)COC(OCC[N+](C)(C)C)C(=O)O. The van der Waals surface area contributed by atoms with Gasteiger partial charge in [0.15, 0.2) is 6.10 Å². The van der Waals surface area contributed by atoms with Gasteiger partial charge in [-0.3, -0.25) is 9.59 Å². The van der Waals surface area contributed by atoms with E-state index in [2.05, 4.69) is 98.9 Å². The summed E-state index contributed by atoms with van der Waals surface area (Å²) in [4.78, 5) is 37.8. The molecule has 97 heavy (non-hydrogen) atoms. The van der Waals surface area contributed by atoms with E-state index in [9.17, 15) is 19.5 Å². The maximum absolute atomic E-state index is 13.0. The predicted molar refractivity (Wildman–Crippen MR) is 419 cm³/mol. The highest BCUT2D eigenvalue weighted by Crippen LogP contribution is 2.20. The van der Waals surface area contributed by atoms with E-state index in [-0.39, 0.29) is 38.2 Å². The lowest BCUT2D eigenvalue weighted by Gasteiger charge is -2.25. The fraction of sp³-hybridized carbons (Fsp3) is 0.807. The van der Waals surface area contributed by atoms with Crippen LogP contribution in [-0.2, 0) is 33.3 Å². The zero-order valence-corrected chi connectivity index (χ0v) is 64.7. The van der Waals surface area contributed by atoms with Crippen molar-refractivity contribution in [2.24, 2.45) is 0 Å². The molecule has 0 fully saturated rings. The Morgan fingerprint density at radius 3 is 0.876 bits per heavy atom. The Labute approximate surface area is 601 Å². The van der Waals surface area contributed by atoms with E-state index in [0.717, 1.165) is 77.0 Å². The molecular formula is C88H160NO8+. The van der Waals surface area contributed by atoms with Gasteiger partial charge < -0.3 is 28.5 Å². The fourth-order valence-electron chi connectivity index (χ4n) is 12.3. The third-order valence-corrected chi connectivity index (χ3v) is 18.6. The maximum Gasteiger partial charge on any atom is 0.361 e. The fourth-order valence-corrected chi connectivity index (χ4v) is 12.3. The van der Waals surface area contributed by atoms with Gasteiger partial charge in [0.05, 0.1) is 34.4 Å². The van der Waals surface area contributed by atoms with Gasteiger partial charge in [-0.25, -0.2) is 4.79 Å². The molecule has 0 aliphatic heterocycles. The Balaban J connectivity index is 3.95. The summed E-state index contributed by atoms with van der Waals surface area (Å²) in [6, 6.07) is 0. The van der Waals surface area contributed by atoms with Gasteiger partial charge in [-0.15, -0.1) is 0 Å². The molecule has 1 N–H and O–H groups in total. The molecule has 0 aromatic carbocycles. The van der Waals surface area contributed by atoms with E-state index in [0.29, 0.717) is 17.4 Å². The maximum atomic E-state index is 13.0. The Hall–Kier alpha value is -3.53. The van der Waals surface area contributed by atoms with Crippen LogP contribution in [0, 0.1) is 0 Å². The average Bonchev–Trinajstić information content (AvgIpc) is 2.59. The molecule has 0 bridgehead atoms. The van der Waals surface area contributed by atoms with Crippen molar-refractivity contribution in [1.29, 1.82) is 0 Å². The van der Waals surface area contributed by atoms with Crippen molar-refractivity contribution < 1.29 is 42.9 Å². The van der Waals surface area contributed by atoms with Crippen molar-refractivity contribution in [1.82, 2.24) is 0 Å². The quantitative estimate of drug-likeness (QED) is 0.0211. The number of hydrogen-bond donors (Lipinski definition) is 1. The van der Waals surface area contributed by atoms with E-state index in [1.165, 1.54) is 295 Å². The molecule has 0 amide bonds. The standard InChI is InChI=1S/C88H159NO8/c1-6-8-10-12-14-16-18-20-22-24-26-28-30-32-34-36-38-40-41-42-43-44-45-47-48-50-52-54-56-58-60-62-64-66-68-70-72-74-76-78-85(90)95-82-84(83-96-88(87(92)93)94-81-80-89(3,4)5)97-86(91)79-77-75-73-71-69-67-65-63-61-59-57-55-53-51-49-46-39-37-35-33-31-29-27-25-23-21-19-17-15-13-11-9-7-2/h9,11,15,17-18,20-21,23-24,26-27,29-30,32,84,88H,6-8,10,12-14,16,19,22,25,28,31,33-83H2,1-5H3/p+1/b11-9-,17-15-,20-18-,23-21-,26-24-,29-27-,32-30-. The average molecular weight is 1360 g/mol. The molecule has 9 nitrogen and oxygen atoms in total. The molecule has 9 heteroatoms. The summed E-state index contributed by atoms with van der Waals surface area (Å²) in [6.45, 7) is 4.81. The van der Waals surface area contributed by atoms with Gasteiger partial charge >= 0.3 is 17.9 Å². The molecular weight excluding hydrogens is 1200 g/mol. The summed E-state index contributed by atoms with van der Waals surface area (Å²) in [5.74, 6) is -1.98. The molecule has 0 heterocycles. The normalized spacial score (nSPS) is 13.0. The van der Waals surface area contributed by atoms with Crippen LogP contribution >= 0.6 is 0 Å². The number of nitrogens with zero attached hydrogens (tertiary/aromatic N) is 1. The second-order valence-electron chi connectivity index (χ2n) is 29.4. The number of ether oxygens (including phenoxy) is 4. The van der Waals surface area contributed by atoms with Crippen LogP contribution in [-0.4, -0.2) is 87.4 Å².